The molecule has 0 N–H and O–H groups in total. The highest BCUT2D eigenvalue weighted by atomic mass is 32.2. The minimum Gasteiger partial charge on any atom is -0.336 e. The lowest BCUT2D eigenvalue weighted by molar-refractivity contribution is -0.132. The van der Waals surface area contributed by atoms with E-state index in [9.17, 15) is 18.4 Å². The van der Waals surface area contributed by atoms with Crippen molar-refractivity contribution in [2.24, 2.45) is 0 Å². The van der Waals surface area contributed by atoms with Crippen LogP contribution in [0.3, 0.4) is 0 Å². The Balaban J connectivity index is 1.52. The van der Waals surface area contributed by atoms with Gasteiger partial charge in [-0.05, 0) is 58.5 Å². The van der Waals surface area contributed by atoms with Gasteiger partial charge in [0.05, 0.1) is 0 Å². The van der Waals surface area contributed by atoms with Gasteiger partial charge in [0.25, 0.3) is 5.56 Å². The number of nitrogens with zero attached hydrogens (tertiary/aromatic N) is 4. The number of likely N-dealkylation sites (N-methyl/N-ethyl adjacent to an activating group) is 1. The number of benzene rings is 3. The molecule has 0 spiro atoms. The van der Waals surface area contributed by atoms with Gasteiger partial charge >= 0.3 is 0 Å². The highest BCUT2D eigenvalue weighted by Gasteiger charge is 2.18. The molecule has 0 aliphatic heterocycles. The molecule has 2 radical (unpaired) electrons. The van der Waals surface area contributed by atoms with E-state index in [-0.39, 0.29) is 23.7 Å². The number of alkyl halides is 1. The number of hydrogen-bond acceptors (Lipinski definition) is 5. The molecule has 1 heterocycles. The monoisotopic (exact) mass is 600 g/mol. The van der Waals surface area contributed by atoms with Crippen molar-refractivity contribution in [3.8, 4) is 11.1 Å². The fraction of sp³-hybridized carbons (Fsp3) is 0.303. The zero-order valence-electron chi connectivity index (χ0n) is 24.5. The number of thioether (sulfide) groups is 1. The smallest absolute Gasteiger partial charge is 0.266 e. The van der Waals surface area contributed by atoms with E-state index in [0.29, 0.717) is 36.1 Å². The van der Waals surface area contributed by atoms with E-state index >= 15 is 0 Å². The second-order valence-corrected chi connectivity index (χ2v) is 11.1. The van der Waals surface area contributed by atoms with Gasteiger partial charge in [0.2, 0.25) is 5.91 Å². The van der Waals surface area contributed by atoms with Gasteiger partial charge < -0.3 is 14.4 Å². The third kappa shape index (κ3) is 9.11. The Kier molecular flexibility index (Phi) is 11.7. The number of halogens is 2. The van der Waals surface area contributed by atoms with Gasteiger partial charge in [-0.25, -0.2) is 8.78 Å². The van der Waals surface area contributed by atoms with E-state index in [1.165, 1.54) is 30.1 Å². The van der Waals surface area contributed by atoms with Crippen LogP contribution in [0.2, 0.25) is 0 Å². The molecule has 4 aromatic rings. The summed E-state index contributed by atoms with van der Waals surface area (Å²) >= 11 is 1.29. The quantitative estimate of drug-likeness (QED) is 0.116. The van der Waals surface area contributed by atoms with Crippen molar-refractivity contribution in [2.75, 3.05) is 26.2 Å². The van der Waals surface area contributed by atoms with E-state index in [1.807, 2.05) is 41.3 Å². The fourth-order valence-electron chi connectivity index (χ4n) is 4.60. The van der Waals surface area contributed by atoms with Gasteiger partial charge in [-0.1, -0.05) is 86.3 Å². The summed E-state index contributed by atoms with van der Waals surface area (Å²) in [6, 6.07) is 21.5. The van der Waals surface area contributed by atoms with Crippen molar-refractivity contribution in [1.29, 1.82) is 0 Å². The van der Waals surface area contributed by atoms with Gasteiger partial charge in [-0.3, -0.25) is 9.59 Å². The van der Waals surface area contributed by atoms with Crippen LogP contribution in [0.4, 0.5) is 8.78 Å². The predicted molar refractivity (Wildman–Crippen MR) is 170 cm³/mol. The average molecular weight is 601 g/mol. The van der Waals surface area contributed by atoms with Crippen molar-refractivity contribution >= 4 is 31.0 Å². The summed E-state index contributed by atoms with van der Waals surface area (Å²) in [4.78, 5) is 34.3. The first kappa shape index (κ1) is 32.2. The van der Waals surface area contributed by atoms with Crippen LogP contribution in [-0.4, -0.2) is 59.3 Å². The van der Waals surface area contributed by atoms with Crippen molar-refractivity contribution in [3.63, 3.8) is 0 Å². The first-order valence-electron chi connectivity index (χ1n) is 14.3. The average Bonchev–Trinajstić information content (AvgIpc) is 3.03. The van der Waals surface area contributed by atoms with Crippen molar-refractivity contribution in [1.82, 2.24) is 19.4 Å². The Morgan fingerprint density at radius 3 is 2.05 bits per heavy atom. The van der Waals surface area contributed by atoms with Crippen LogP contribution in [0, 0.1) is 5.82 Å². The highest BCUT2D eigenvalue weighted by Crippen LogP contribution is 2.23. The summed E-state index contributed by atoms with van der Waals surface area (Å²) in [5, 5.41) is 0.365. The van der Waals surface area contributed by atoms with E-state index in [1.54, 1.807) is 28.8 Å². The first-order chi connectivity index (χ1) is 20.8. The van der Waals surface area contributed by atoms with Crippen LogP contribution in [0.1, 0.15) is 30.5 Å². The molecule has 0 saturated carbocycles. The molecule has 222 valence electrons. The third-order valence-corrected chi connectivity index (χ3v) is 8.34. The summed E-state index contributed by atoms with van der Waals surface area (Å²) < 4.78 is 27.8. The van der Waals surface area contributed by atoms with Crippen molar-refractivity contribution in [2.45, 2.75) is 44.5 Å². The van der Waals surface area contributed by atoms with E-state index in [4.69, 9.17) is 7.85 Å². The third-order valence-electron chi connectivity index (χ3n) is 7.27. The van der Waals surface area contributed by atoms with Gasteiger partial charge in [-0.15, -0.1) is 0 Å². The van der Waals surface area contributed by atoms with Gasteiger partial charge in [0, 0.05) is 31.6 Å². The standard InChI is InChI=1S/C33H35BF2N4O2S/c1-3-38(4-2)17-18-39(20-25-7-13-28(14-8-25)27-11-5-24(19-35)6-12-27)31(41)22-40-21-30(34)32(42)37-33(40)43-23-26-9-15-29(36)16-10-26/h5-16,21H,3-4,17-20,22-23H2,1-2H3. The summed E-state index contributed by atoms with van der Waals surface area (Å²) in [6.07, 6.45) is 1.46. The maximum Gasteiger partial charge on any atom is 0.266 e. The van der Waals surface area contributed by atoms with Crippen LogP contribution < -0.4 is 11.0 Å². The molecule has 0 fully saturated rings. The van der Waals surface area contributed by atoms with E-state index < -0.39 is 12.2 Å². The second-order valence-electron chi connectivity index (χ2n) is 10.2. The lowest BCUT2D eigenvalue weighted by atomic mass is 10.0. The Bertz CT molecular complexity index is 1540. The van der Waals surface area contributed by atoms with Crippen LogP contribution in [0.25, 0.3) is 11.1 Å². The molecule has 10 heteroatoms. The lowest BCUT2D eigenvalue weighted by Crippen LogP contribution is -2.41. The van der Waals surface area contributed by atoms with Crippen LogP contribution in [-0.2, 0) is 30.3 Å². The van der Waals surface area contributed by atoms with Crippen LogP contribution in [0.5, 0.6) is 0 Å². The zero-order valence-corrected chi connectivity index (χ0v) is 25.3. The summed E-state index contributed by atoms with van der Waals surface area (Å²) in [5.74, 6) is -0.0145. The molecule has 6 nitrogen and oxygen atoms in total. The topological polar surface area (TPSA) is 58.4 Å². The van der Waals surface area contributed by atoms with Crippen molar-refractivity contribution < 1.29 is 13.6 Å². The molecule has 0 bridgehead atoms. The molecule has 0 aliphatic rings. The maximum atomic E-state index is 13.8. The van der Waals surface area contributed by atoms with Gasteiger partial charge in [0.1, 0.15) is 26.9 Å². The Morgan fingerprint density at radius 1 is 0.884 bits per heavy atom. The SMILES string of the molecule is [B]c1cn(CC(=O)N(CCN(CC)CC)Cc2ccc(-c3ccc(CF)cc3)cc2)c(SCc2ccc(F)cc2)nc1=O. The number of rotatable bonds is 14. The van der Waals surface area contributed by atoms with Gasteiger partial charge in [-0.2, -0.15) is 4.98 Å². The molecular formula is C33H35BF2N4O2S. The molecule has 0 atom stereocenters. The van der Waals surface area contributed by atoms with Crippen LogP contribution >= 0.6 is 11.8 Å². The normalized spacial score (nSPS) is 11.2. The molecule has 0 aliphatic carbocycles. The number of carbonyl (C=O) groups is 1. The minimum absolute atomic E-state index is 0.0382. The summed E-state index contributed by atoms with van der Waals surface area (Å²) in [5.41, 5.74) is 3.88. The van der Waals surface area contributed by atoms with Crippen molar-refractivity contribution in [3.05, 3.63) is 112 Å². The lowest BCUT2D eigenvalue weighted by Gasteiger charge is -2.27. The molecule has 1 amide bonds. The molecular weight excluding hydrogens is 565 g/mol. The maximum absolute atomic E-state index is 13.8. The van der Waals surface area contributed by atoms with E-state index in [2.05, 4.69) is 23.7 Å². The Labute approximate surface area is 257 Å². The number of amides is 1. The molecule has 1 aromatic heterocycles. The second kappa shape index (κ2) is 15.6. The van der Waals surface area contributed by atoms with Crippen LogP contribution in [0.15, 0.2) is 88.9 Å². The number of aromatic nitrogens is 2. The zero-order chi connectivity index (χ0) is 30.8. The molecule has 4 rings (SSSR count). The number of carbonyl (C=O) groups excluding carboxylic acids is 1. The molecule has 3 aromatic carbocycles. The highest BCUT2D eigenvalue weighted by molar-refractivity contribution is 7.98. The Morgan fingerprint density at radius 2 is 1.47 bits per heavy atom. The molecule has 0 unspecified atom stereocenters. The molecule has 43 heavy (non-hydrogen) atoms. The largest absolute Gasteiger partial charge is 0.336 e. The van der Waals surface area contributed by atoms with E-state index in [0.717, 1.165) is 35.3 Å². The Hall–Kier alpha value is -3.76. The van der Waals surface area contributed by atoms with Gasteiger partial charge in [0.15, 0.2) is 5.16 Å². The summed E-state index contributed by atoms with van der Waals surface area (Å²) in [7, 11) is 5.90. The number of hydrogen-bond donors (Lipinski definition) is 0. The molecule has 0 saturated heterocycles. The minimum atomic E-state index is -0.553. The summed E-state index contributed by atoms with van der Waals surface area (Å²) in [6.45, 7) is 7.04. The fourth-order valence-corrected chi connectivity index (χ4v) is 5.52. The predicted octanol–water partition coefficient (Wildman–Crippen LogP) is 4.98. The first-order valence-corrected chi connectivity index (χ1v) is 15.3.